The second kappa shape index (κ2) is 15.0. The van der Waals surface area contributed by atoms with Gasteiger partial charge in [0.15, 0.2) is 0 Å². The third-order valence-corrected chi connectivity index (χ3v) is 13.2. The molecule has 1 aliphatic rings. The number of aromatic nitrogens is 5. The van der Waals surface area contributed by atoms with Crippen molar-refractivity contribution in [3.05, 3.63) is 212 Å². The lowest BCUT2D eigenvalue weighted by Gasteiger charge is -2.17. The molecule has 292 valence electrons. The summed E-state index contributed by atoms with van der Waals surface area (Å²) in [6.07, 6.45) is 14.2. The maximum atomic E-state index is 4.80. The van der Waals surface area contributed by atoms with Crippen LogP contribution in [0.25, 0.3) is 104 Å². The van der Waals surface area contributed by atoms with E-state index in [2.05, 4.69) is 150 Å². The highest BCUT2D eigenvalue weighted by Gasteiger charge is 2.21. The number of nitrogens with zero attached hydrogens (tertiary/aromatic N) is 5. The molecule has 12 rings (SSSR count). The molecule has 0 N–H and O–H groups in total. The number of hydrogen-bond acceptors (Lipinski definition) is 5. The molecule has 6 heterocycles. The minimum Gasteiger partial charge on any atom is -0.309 e. The molecule has 1 aliphatic carbocycles. The van der Waals surface area contributed by atoms with Gasteiger partial charge in [-0.25, -0.2) is 0 Å². The zero-order valence-electron chi connectivity index (χ0n) is 33.6. The SMILES string of the molecule is C1=C(c2ccc3c(c2)c2cc(-c4ccccc4-c4ccccn4)ccc2n3-c2ccc3sc4cc(-c5ccccn5)c(-c5ccccn5)cc4c3c2)C(c2ccccn2)=CCC1. The highest BCUT2D eigenvalue weighted by molar-refractivity contribution is 7.25. The fourth-order valence-electron chi connectivity index (χ4n) is 9.25. The summed E-state index contributed by atoms with van der Waals surface area (Å²) in [5, 5.41) is 4.83. The number of hydrogen-bond donors (Lipinski definition) is 0. The minimum atomic E-state index is 0.929. The molecule has 6 aromatic heterocycles. The van der Waals surface area contributed by atoms with Gasteiger partial charge in [-0.3, -0.25) is 19.9 Å². The van der Waals surface area contributed by atoms with Crippen molar-refractivity contribution < 1.29 is 0 Å². The van der Waals surface area contributed by atoms with Gasteiger partial charge in [-0.15, -0.1) is 11.3 Å². The Morgan fingerprint density at radius 2 is 0.903 bits per heavy atom. The fraction of sp³-hybridized carbons (Fsp3) is 0.0357. The molecule has 5 nitrogen and oxygen atoms in total. The van der Waals surface area contributed by atoms with Crippen molar-refractivity contribution in [2.24, 2.45) is 0 Å². The molecule has 0 fully saturated rings. The molecule has 0 spiro atoms. The van der Waals surface area contributed by atoms with E-state index in [0.29, 0.717) is 0 Å². The summed E-state index contributed by atoms with van der Waals surface area (Å²) in [7, 11) is 0. The summed E-state index contributed by atoms with van der Waals surface area (Å²) in [5.41, 5.74) is 16.4. The molecule has 0 amide bonds. The van der Waals surface area contributed by atoms with Gasteiger partial charge >= 0.3 is 0 Å². The molecular formula is C56H37N5S. The van der Waals surface area contributed by atoms with Crippen LogP contribution in [0.15, 0.2) is 201 Å². The molecule has 0 bridgehead atoms. The van der Waals surface area contributed by atoms with Gasteiger partial charge in [0.25, 0.3) is 0 Å². The monoisotopic (exact) mass is 811 g/mol. The molecule has 62 heavy (non-hydrogen) atoms. The maximum absolute atomic E-state index is 4.80. The van der Waals surface area contributed by atoms with Gasteiger partial charge in [0.05, 0.1) is 33.8 Å². The van der Waals surface area contributed by atoms with Gasteiger partial charge in [-0.2, -0.15) is 0 Å². The zero-order valence-corrected chi connectivity index (χ0v) is 34.4. The van der Waals surface area contributed by atoms with Gasteiger partial charge in [-0.1, -0.05) is 72.8 Å². The number of thiophene rings is 1. The van der Waals surface area contributed by atoms with E-state index in [-0.39, 0.29) is 0 Å². The van der Waals surface area contributed by atoms with Crippen LogP contribution in [0.5, 0.6) is 0 Å². The van der Waals surface area contributed by atoms with E-state index in [0.717, 1.165) is 80.2 Å². The molecule has 11 aromatic rings. The molecule has 0 saturated heterocycles. The average Bonchev–Trinajstić information content (AvgIpc) is 3.88. The first-order chi connectivity index (χ1) is 30.7. The molecule has 0 radical (unpaired) electrons. The lowest BCUT2D eigenvalue weighted by atomic mass is 9.89. The Balaban J connectivity index is 1.08. The van der Waals surface area contributed by atoms with Crippen molar-refractivity contribution in [1.82, 2.24) is 24.5 Å². The third kappa shape index (κ3) is 6.15. The molecule has 0 unspecified atom stereocenters. The lowest BCUT2D eigenvalue weighted by Crippen LogP contribution is -1.97. The largest absolute Gasteiger partial charge is 0.309 e. The van der Waals surface area contributed by atoms with Crippen LogP contribution in [0, 0.1) is 0 Å². The van der Waals surface area contributed by atoms with Crippen molar-refractivity contribution in [2.45, 2.75) is 12.8 Å². The minimum absolute atomic E-state index is 0.929. The van der Waals surface area contributed by atoms with Gasteiger partial charge < -0.3 is 4.57 Å². The van der Waals surface area contributed by atoms with Gasteiger partial charge in [-0.05, 0) is 138 Å². The van der Waals surface area contributed by atoms with Crippen molar-refractivity contribution in [3.63, 3.8) is 0 Å². The Morgan fingerprint density at radius 1 is 0.371 bits per heavy atom. The quantitative estimate of drug-likeness (QED) is 0.161. The first-order valence-electron chi connectivity index (χ1n) is 21.0. The second-order valence-corrected chi connectivity index (χ2v) is 16.8. The second-order valence-electron chi connectivity index (χ2n) is 15.7. The Bertz CT molecular complexity index is 3550. The first kappa shape index (κ1) is 36.1. The summed E-state index contributed by atoms with van der Waals surface area (Å²) >= 11 is 1.82. The average molecular weight is 812 g/mol. The summed E-state index contributed by atoms with van der Waals surface area (Å²) in [6.45, 7) is 0. The number of allylic oxidation sites excluding steroid dienone is 4. The highest BCUT2D eigenvalue weighted by Crippen LogP contribution is 2.44. The third-order valence-electron chi connectivity index (χ3n) is 12.1. The van der Waals surface area contributed by atoms with Gasteiger partial charge in [0.2, 0.25) is 0 Å². The van der Waals surface area contributed by atoms with Crippen molar-refractivity contribution in [2.75, 3.05) is 0 Å². The number of pyridine rings is 4. The Kier molecular flexibility index (Phi) is 8.75. The van der Waals surface area contributed by atoms with Crippen molar-refractivity contribution in [3.8, 4) is 50.6 Å². The number of rotatable bonds is 7. The van der Waals surface area contributed by atoms with Crippen molar-refractivity contribution in [1.29, 1.82) is 0 Å². The predicted octanol–water partition coefficient (Wildman–Crippen LogP) is 14.7. The Labute approximate surface area is 362 Å². The van der Waals surface area contributed by atoms with Gasteiger partial charge in [0.1, 0.15) is 0 Å². The Morgan fingerprint density at radius 3 is 1.55 bits per heavy atom. The number of benzene rings is 5. The first-order valence-corrected chi connectivity index (χ1v) is 21.8. The van der Waals surface area contributed by atoms with E-state index in [1.165, 1.54) is 47.7 Å². The highest BCUT2D eigenvalue weighted by atomic mass is 32.1. The standard InChI is InChI=1S/C56H37N5S/c1-3-15-41(49-17-5-9-27-57-49)39(13-1)36-21-24-53-45(31-36)46-32-37(40-14-2-4-16-42(40)50-18-6-10-28-58-50)22-25-54(46)61(53)38-23-26-55-47(33-38)48-34-43(51-19-7-11-29-59-51)44(35-56(48)62-55)52-20-8-12-30-60-52/h1,3,5-35H,2,4H2. The molecule has 0 atom stereocenters. The molecule has 6 heteroatoms. The molecule has 0 aliphatic heterocycles. The van der Waals surface area contributed by atoms with Crippen LogP contribution in [-0.2, 0) is 0 Å². The number of fused-ring (bicyclic) bond motifs is 6. The van der Waals surface area contributed by atoms with E-state index in [4.69, 9.17) is 19.9 Å². The van der Waals surface area contributed by atoms with E-state index in [1.54, 1.807) is 0 Å². The van der Waals surface area contributed by atoms with Crippen LogP contribution in [0.2, 0.25) is 0 Å². The van der Waals surface area contributed by atoms with Crippen LogP contribution in [0.1, 0.15) is 24.1 Å². The van der Waals surface area contributed by atoms with Crippen LogP contribution in [0.3, 0.4) is 0 Å². The summed E-state index contributed by atoms with van der Waals surface area (Å²) < 4.78 is 4.90. The van der Waals surface area contributed by atoms with Crippen LogP contribution >= 0.6 is 11.3 Å². The normalized spacial score (nSPS) is 12.9. The van der Waals surface area contributed by atoms with E-state index in [1.807, 2.05) is 66.5 Å². The smallest absolute Gasteiger partial charge is 0.0709 e. The van der Waals surface area contributed by atoms with Crippen LogP contribution in [0.4, 0.5) is 0 Å². The summed E-state index contributed by atoms with van der Waals surface area (Å²) in [4.78, 5) is 19.1. The van der Waals surface area contributed by atoms with Crippen molar-refractivity contribution >= 4 is 64.5 Å². The van der Waals surface area contributed by atoms with E-state index >= 15 is 0 Å². The predicted molar refractivity (Wildman–Crippen MR) is 258 cm³/mol. The fourth-order valence-corrected chi connectivity index (χ4v) is 10.4. The lowest BCUT2D eigenvalue weighted by molar-refractivity contribution is 1.04. The topological polar surface area (TPSA) is 56.5 Å². The van der Waals surface area contributed by atoms with E-state index < -0.39 is 0 Å². The summed E-state index contributed by atoms with van der Waals surface area (Å²) in [6, 6.07) is 58.6. The summed E-state index contributed by atoms with van der Waals surface area (Å²) in [5.74, 6) is 0. The molecule has 5 aromatic carbocycles. The zero-order chi connectivity index (χ0) is 41.0. The van der Waals surface area contributed by atoms with Gasteiger partial charge in [0, 0.05) is 83.7 Å². The molecule has 0 saturated carbocycles. The van der Waals surface area contributed by atoms with Crippen LogP contribution < -0.4 is 0 Å². The maximum Gasteiger partial charge on any atom is 0.0709 e. The van der Waals surface area contributed by atoms with Crippen LogP contribution in [-0.4, -0.2) is 24.5 Å². The van der Waals surface area contributed by atoms with E-state index in [9.17, 15) is 0 Å². The Hall–Kier alpha value is -7.80. The molecular weight excluding hydrogens is 775 g/mol.